The molecule has 0 bridgehead atoms. The standard InChI is InChI=1S/C14H12BrClN2O/c1-8-2-4-11(16)13(6-8)18-14(19)10-7-9(15)3-5-12(10)17/h2-7H,17H2,1H3,(H,18,19). The molecule has 0 heterocycles. The highest BCUT2D eigenvalue weighted by molar-refractivity contribution is 9.10. The monoisotopic (exact) mass is 338 g/mol. The van der Waals surface area contributed by atoms with E-state index in [0.29, 0.717) is 22.0 Å². The highest BCUT2D eigenvalue weighted by Gasteiger charge is 2.12. The molecule has 0 aliphatic carbocycles. The predicted octanol–water partition coefficient (Wildman–Crippen LogP) is 4.25. The molecule has 1 amide bonds. The van der Waals surface area contributed by atoms with Gasteiger partial charge < -0.3 is 11.1 Å². The summed E-state index contributed by atoms with van der Waals surface area (Å²) >= 11 is 9.36. The SMILES string of the molecule is Cc1ccc(Cl)c(NC(=O)c2cc(Br)ccc2N)c1. The van der Waals surface area contributed by atoms with Crippen LogP contribution in [-0.4, -0.2) is 5.91 Å². The molecule has 5 heteroatoms. The third-order valence-electron chi connectivity index (χ3n) is 2.63. The zero-order chi connectivity index (χ0) is 14.0. The molecular formula is C14H12BrClN2O. The minimum absolute atomic E-state index is 0.286. The molecule has 0 spiro atoms. The zero-order valence-corrected chi connectivity index (χ0v) is 12.5. The van der Waals surface area contributed by atoms with Crippen molar-refractivity contribution in [2.45, 2.75) is 6.92 Å². The average Bonchev–Trinajstić information content (AvgIpc) is 2.36. The molecule has 0 aliphatic heterocycles. The van der Waals surface area contributed by atoms with Gasteiger partial charge in [-0.15, -0.1) is 0 Å². The maximum absolute atomic E-state index is 12.2. The Bertz CT molecular complexity index is 643. The van der Waals surface area contributed by atoms with Crippen molar-refractivity contribution < 1.29 is 4.79 Å². The largest absolute Gasteiger partial charge is 0.398 e. The Morgan fingerprint density at radius 2 is 2.00 bits per heavy atom. The number of anilines is 2. The van der Waals surface area contributed by atoms with E-state index in [2.05, 4.69) is 21.2 Å². The summed E-state index contributed by atoms with van der Waals surface area (Å²) in [5.74, 6) is -0.286. The van der Waals surface area contributed by atoms with Crippen LogP contribution in [0.25, 0.3) is 0 Å². The van der Waals surface area contributed by atoms with E-state index >= 15 is 0 Å². The Morgan fingerprint density at radius 3 is 2.74 bits per heavy atom. The quantitative estimate of drug-likeness (QED) is 0.804. The normalized spacial score (nSPS) is 10.3. The van der Waals surface area contributed by atoms with Gasteiger partial charge in [0.25, 0.3) is 5.91 Å². The first-order valence-corrected chi connectivity index (χ1v) is 6.77. The van der Waals surface area contributed by atoms with E-state index in [1.54, 1.807) is 24.3 Å². The van der Waals surface area contributed by atoms with Crippen LogP contribution in [0.15, 0.2) is 40.9 Å². The van der Waals surface area contributed by atoms with Crippen molar-refractivity contribution in [2.75, 3.05) is 11.1 Å². The lowest BCUT2D eigenvalue weighted by Gasteiger charge is -2.10. The van der Waals surface area contributed by atoms with Gasteiger partial charge >= 0.3 is 0 Å². The number of nitrogens with two attached hydrogens (primary N) is 1. The molecular weight excluding hydrogens is 328 g/mol. The number of hydrogen-bond acceptors (Lipinski definition) is 2. The van der Waals surface area contributed by atoms with Crippen LogP contribution in [0.2, 0.25) is 5.02 Å². The summed E-state index contributed by atoms with van der Waals surface area (Å²) in [6.45, 7) is 1.93. The van der Waals surface area contributed by atoms with Crippen LogP contribution >= 0.6 is 27.5 Å². The number of rotatable bonds is 2. The summed E-state index contributed by atoms with van der Waals surface area (Å²) in [5.41, 5.74) is 8.22. The highest BCUT2D eigenvalue weighted by Crippen LogP contribution is 2.25. The van der Waals surface area contributed by atoms with E-state index in [1.807, 2.05) is 19.1 Å². The number of hydrogen-bond donors (Lipinski definition) is 2. The van der Waals surface area contributed by atoms with Crippen LogP contribution in [0.1, 0.15) is 15.9 Å². The molecule has 3 N–H and O–H groups in total. The Balaban J connectivity index is 2.30. The molecule has 0 unspecified atom stereocenters. The Kier molecular flexibility index (Phi) is 4.12. The molecule has 0 aromatic heterocycles. The van der Waals surface area contributed by atoms with Crippen molar-refractivity contribution >= 4 is 44.8 Å². The van der Waals surface area contributed by atoms with Crippen LogP contribution < -0.4 is 11.1 Å². The highest BCUT2D eigenvalue weighted by atomic mass is 79.9. The number of aryl methyl sites for hydroxylation is 1. The first-order valence-electron chi connectivity index (χ1n) is 5.60. The van der Waals surface area contributed by atoms with Crippen LogP contribution in [-0.2, 0) is 0 Å². The Hall–Kier alpha value is -1.52. The van der Waals surface area contributed by atoms with Gasteiger partial charge in [0.15, 0.2) is 0 Å². The molecule has 0 saturated heterocycles. The summed E-state index contributed by atoms with van der Waals surface area (Å²) < 4.78 is 0.794. The van der Waals surface area contributed by atoms with Crippen LogP contribution in [0.3, 0.4) is 0 Å². The molecule has 19 heavy (non-hydrogen) atoms. The zero-order valence-electron chi connectivity index (χ0n) is 10.2. The predicted molar refractivity (Wildman–Crippen MR) is 82.7 cm³/mol. The number of nitrogen functional groups attached to an aromatic ring is 1. The minimum Gasteiger partial charge on any atom is -0.398 e. The van der Waals surface area contributed by atoms with Crippen molar-refractivity contribution in [3.8, 4) is 0 Å². The second-order valence-corrected chi connectivity index (χ2v) is 5.49. The van der Waals surface area contributed by atoms with E-state index < -0.39 is 0 Å². The van der Waals surface area contributed by atoms with E-state index in [0.717, 1.165) is 10.0 Å². The number of nitrogens with one attached hydrogen (secondary N) is 1. The Morgan fingerprint density at radius 1 is 1.26 bits per heavy atom. The summed E-state index contributed by atoms with van der Waals surface area (Å²) in [4.78, 5) is 12.2. The molecule has 98 valence electrons. The van der Waals surface area contributed by atoms with Crippen molar-refractivity contribution in [3.05, 3.63) is 57.0 Å². The third-order valence-corrected chi connectivity index (χ3v) is 3.45. The van der Waals surface area contributed by atoms with E-state index in [1.165, 1.54) is 0 Å². The second-order valence-electron chi connectivity index (χ2n) is 4.17. The van der Waals surface area contributed by atoms with E-state index in [-0.39, 0.29) is 5.91 Å². The lowest BCUT2D eigenvalue weighted by Crippen LogP contribution is -2.14. The fourth-order valence-electron chi connectivity index (χ4n) is 1.65. The van der Waals surface area contributed by atoms with Crippen LogP contribution in [0, 0.1) is 6.92 Å². The first-order chi connectivity index (χ1) is 8.97. The van der Waals surface area contributed by atoms with Crippen LogP contribution in [0.4, 0.5) is 11.4 Å². The van der Waals surface area contributed by atoms with Crippen molar-refractivity contribution in [1.82, 2.24) is 0 Å². The molecule has 0 saturated carbocycles. The first kappa shape index (κ1) is 13.9. The van der Waals surface area contributed by atoms with Gasteiger partial charge in [-0.05, 0) is 42.8 Å². The fourth-order valence-corrected chi connectivity index (χ4v) is 2.18. The number of halogens is 2. The van der Waals surface area contributed by atoms with Crippen molar-refractivity contribution in [2.24, 2.45) is 0 Å². The maximum atomic E-state index is 12.2. The second kappa shape index (κ2) is 5.63. The molecule has 2 aromatic rings. The summed E-state index contributed by atoms with van der Waals surface area (Å²) in [6.07, 6.45) is 0. The van der Waals surface area contributed by atoms with E-state index in [9.17, 15) is 4.79 Å². The van der Waals surface area contributed by atoms with Gasteiger partial charge in [-0.2, -0.15) is 0 Å². The van der Waals surface area contributed by atoms with Gasteiger partial charge in [0.05, 0.1) is 16.3 Å². The molecule has 0 fully saturated rings. The van der Waals surface area contributed by atoms with Gasteiger partial charge in [-0.3, -0.25) is 4.79 Å². The van der Waals surface area contributed by atoms with Crippen molar-refractivity contribution in [1.29, 1.82) is 0 Å². The lowest BCUT2D eigenvalue weighted by molar-refractivity contribution is 0.102. The molecule has 0 atom stereocenters. The third kappa shape index (κ3) is 3.28. The van der Waals surface area contributed by atoms with Crippen molar-refractivity contribution in [3.63, 3.8) is 0 Å². The number of carbonyl (C=O) groups is 1. The van der Waals surface area contributed by atoms with Gasteiger partial charge in [-0.1, -0.05) is 33.6 Å². The lowest BCUT2D eigenvalue weighted by atomic mass is 10.1. The van der Waals surface area contributed by atoms with Gasteiger partial charge in [-0.25, -0.2) is 0 Å². The maximum Gasteiger partial charge on any atom is 0.257 e. The number of amides is 1. The average molecular weight is 340 g/mol. The topological polar surface area (TPSA) is 55.1 Å². The van der Waals surface area contributed by atoms with Gasteiger partial charge in [0, 0.05) is 10.2 Å². The summed E-state index contributed by atoms with van der Waals surface area (Å²) in [5, 5.41) is 3.26. The number of carbonyl (C=O) groups excluding carboxylic acids is 1. The van der Waals surface area contributed by atoms with E-state index in [4.69, 9.17) is 17.3 Å². The van der Waals surface area contributed by atoms with Gasteiger partial charge in [0.2, 0.25) is 0 Å². The molecule has 0 aliphatic rings. The Labute approximate surface area is 124 Å². The van der Waals surface area contributed by atoms with Crippen LogP contribution in [0.5, 0.6) is 0 Å². The summed E-state index contributed by atoms with van der Waals surface area (Å²) in [6, 6.07) is 10.6. The summed E-state index contributed by atoms with van der Waals surface area (Å²) in [7, 11) is 0. The van der Waals surface area contributed by atoms with Gasteiger partial charge in [0.1, 0.15) is 0 Å². The molecule has 2 aromatic carbocycles. The fraction of sp³-hybridized carbons (Fsp3) is 0.0714. The molecule has 0 radical (unpaired) electrons. The number of benzene rings is 2. The minimum atomic E-state index is -0.286. The molecule has 2 rings (SSSR count). The smallest absolute Gasteiger partial charge is 0.257 e. The molecule has 3 nitrogen and oxygen atoms in total.